The molecule has 0 aliphatic heterocycles. The number of carbonyl (C=O) groups excluding carboxylic acids is 1. The molecule has 2 heterocycles. The number of carboxylic acid groups (broad SMARTS) is 1. The number of anilines is 1. The van der Waals surface area contributed by atoms with E-state index in [2.05, 4.69) is 5.32 Å². The Hall–Kier alpha value is -3.39. The first-order valence-electron chi connectivity index (χ1n) is 8.00. The van der Waals surface area contributed by atoms with E-state index in [1.54, 1.807) is 23.6 Å². The molecular weight excluding hydrogens is 368 g/mol. The van der Waals surface area contributed by atoms with Crippen LogP contribution in [0.1, 0.15) is 28.4 Å². The summed E-state index contributed by atoms with van der Waals surface area (Å²) in [5.41, 5.74) is 1.47. The summed E-state index contributed by atoms with van der Waals surface area (Å²) >= 11 is 1.15. The molecule has 0 atom stereocenters. The van der Waals surface area contributed by atoms with Crippen LogP contribution in [0.3, 0.4) is 0 Å². The lowest BCUT2D eigenvalue weighted by Gasteiger charge is -2.13. The molecule has 27 heavy (non-hydrogen) atoms. The lowest BCUT2D eigenvalue weighted by molar-refractivity contribution is -0.105. The Balaban J connectivity index is 2.14. The lowest BCUT2D eigenvalue weighted by atomic mass is 10.1. The highest BCUT2D eigenvalue weighted by molar-refractivity contribution is 7.17. The molecule has 0 spiro atoms. The number of rotatable bonds is 6. The van der Waals surface area contributed by atoms with Crippen LogP contribution in [0.15, 0.2) is 40.5 Å². The highest BCUT2D eigenvalue weighted by Crippen LogP contribution is 2.29. The molecule has 0 saturated heterocycles. The molecule has 0 aliphatic carbocycles. The third-order valence-corrected chi connectivity index (χ3v) is 5.00. The van der Waals surface area contributed by atoms with Crippen molar-refractivity contribution < 1.29 is 19.8 Å². The molecule has 8 heteroatoms. The van der Waals surface area contributed by atoms with Crippen molar-refractivity contribution in [3.05, 3.63) is 62.8 Å². The minimum atomic E-state index is -1.34. The van der Waals surface area contributed by atoms with Crippen LogP contribution in [0.4, 0.5) is 5.69 Å². The summed E-state index contributed by atoms with van der Waals surface area (Å²) in [4.78, 5) is 34.7. The molecule has 1 amide bonds. The number of aromatic hydroxyl groups is 1. The number of allylic oxidation sites excluding steroid dienone is 1. The fraction of sp³-hybridized carbons (Fsp3) is 0.105. The van der Waals surface area contributed by atoms with E-state index < -0.39 is 17.3 Å². The second-order valence-electron chi connectivity index (χ2n) is 5.74. The average Bonchev–Trinajstić information content (AvgIpc) is 3.10. The van der Waals surface area contributed by atoms with Gasteiger partial charge in [-0.05, 0) is 41.6 Å². The van der Waals surface area contributed by atoms with Crippen LogP contribution >= 0.6 is 11.3 Å². The van der Waals surface area contributed by atoms with Gasteiger partial charge in [0.2, 0.25) is 6.41 Å². The van der Waals surface area contributed by atoms with Crippen LogP contribution in [0.25, 0.3) is 16.3 Å². The van der Waals surface area contributed by atoms with Gasteiger partial charge in [0.1, 0.15) is 5.56 Å². The van der Waals surface area contributed by atoms with Gasteiger partial charge in [0.05, 0.1) is 16.8 Å². The summed E-state index contributed by atoms with van der Waals surface area (Å²) < 4.78 is 1.68. The van der Waals surface area contributed by atoms with E-state index >= 15 is 0 Å². The third kappa shape index (κ3) is 3.34. The number of thiophene rings is 1. The van der Waals surface area contributed by atoms with Crippen LogP contribution in [0.5, 0.6) is 5.75 Å². The van der Waals surface area contributed by atoms with Gasteiger partial charge in [0, 0.05) is 5.69 Å². The van der Waals surface area contributed by atoms with Crippen LogP contribution in [-0.2, 0) is 11.3 Å². The quantitative estimate of drug-likeness (QED) is 0.566. The van der Waals surface area contributed by atoms with Crippen molar-refractivity contribution in [3.8, 4) is 5.75 Å². The number of aromatic nitrogens is 1. The molecule has 0 saturated carbocycles. The van der Waals surface area contributed by atoms with Gasteiger partial charge < -0.3 is 15.5 Å². The Morgan fingerprint density at radius 1 is 1.33 bits per heavy atom. The van der Waals surface area contributed by atoms with E-state index in [0.717, 1.165) is 22.5 Å². The van der Waals surface area contributed by atoms with Crippen molar-refractivity contribution in [1.82, 2.24) is 4.57 Å². The van der Waals surface area contributed by atoms with Gasteiger partial charge in [-0.1, -0.05) is 18.2 Å². The molecule has 3 N–H and O–H groups in total. The predicted octanol–water partition coefficient (Wildman–Crippen LogP) is 3.12. The monoisotopic (exact) mass is 384 g/mol. The van der Waals surface area contributed by atoms with E-state index in [1.165, 1.54) is 4.57 Å². The van der Waals surface area contributed by atoms with Crippen molar-refractivity contribution in [1.29, 1.82) is 0 Å². The first-order chi connectivity index (χ1) is 13.0. The SMILES string of the molecule is C/C=C\c1cc(Cn2c(=O)c(O)c(C(=O)O)c3sccc32)ccc1NC=O. The van der Waals surface area contributed by atoms with E-state index in [0.29, 0.717) is 22.3 Å². The number of benzene rings is 1. The number of hydrogen-bond acceptors (Lipinski definition) is 5. The number of nitrogens with one attached hydrogen (secondary N) is 1. The Morgan fingerprint density at radius 2 is 2.11 bits per heavy atom. The van der Waals surface area contributed by atoms with Gasteiger partial charge in [-0.15, -0.1) is 11.3 Å². The summed E-state index contributed by atoms with van der Waals surface area (Å²) in [5, 5.41) is 23.7. The van der Waals surface area contributed by atoms with Gasteiger partial charge in [-0.2, -0.15) is 0 Å². The second-order valence-corrected chi connectivity index (χ2v) is 6.65. The van der Waals surface area contributed by atoms with E-state index in [1.807, 2.05) is 25.1 Å². The number of aromatic carboxylic acids is 1. The number of hydrogen-bond donors (Lipinski definition) is 3. The van der Waals surface area contributed by atoms with Crippen molar-refractivity contribution in [2.24, 2.45) is 0 Å². The van der Waals surface area contributed by atoms with Crippen molar-refractivity contribution in [3.63, 3.8) is 0 Å². The highest BCUT2D eigenvalue weighted by Gasteiger charge is 2.22. The molecule has 0 bridgehead atoms. The largest absolute Gasteiger partial charge is 0.502 e. The smallest absolute Gasteiger partial charge is 0.341 e. The Morgan fingerprint density at radius 3 is 2.78 bits per heavy atom. The molecule has 0 radical (unpaired) electrons. The minimum absolute atomic E-state index is 0.144. The number of pyridine rings is 1. The number of fused-ring (bicyclic) bond motifs is 1. The van der Waals surface area contributed by atoms with Crippen LogP contribution in [0.2, 0.25) is 0 Å². The lowest BCUT2D eigenvalue weighted by Crippen LogP contribution is -2.23. The van der Waals surface area contributed by atoms with Crippen LogP contribution < -0.4 is 10.9 Å². The number of carbonyl (C=O) groups is 2. The average molecular weight is 384 g/mol. The fourth-order valence-corrected chi connectivity index (χ4v) is 3.85. The van der Waals surface area contributed by atoms with Gasteiger partial charge in [-0.3, -0.25) is 14.2 Å². The summed E-state index contributed by atoms with van der Waals surface area (Å²) in [5.74, 6) is -2.12. The molecule has 0 fully saturated rings. The van der Waals surface area contributed by atoms with Crippen LogP contribution in [0, 0.1) is 0 Å². The standard InChI is InChI=1S/C19H16N2O5S/c1-2-3-12-8-11(4-5-13(12)20-10-22)9-21-14-6-7-27-17(14)15(19(25)26)16(23)18(21)24/h2-8,10,23H,9H2,1H3,(H,20,22)(H,25,26)/b3-2-. The summed E-state index contributed by atoms with van der Waals surface area (Å²) in [6.45, 7) is 1.99. The normalized spacial score (nSPS) is 11.1. The van der Waals surface area contributed by atoms with E-state index in [4.69, 9.17) is 0 Å². The zero-order chi connectivity index (χ0) is 19.6. The predicted molar refractivity (Wildman–Crippen MR) is 105 cm³/mol. The second kappa shape index (κ2) is 7.46. The summed E-state index contributed by atoms with van der Waals surface area (Å²) in [6.07, 6.45) is 4.24. The highest BCUT2D eigenvalue weighted by atomic mass is 32.1. The number of nitrogens with zero attached hydrogens (tertiary/aromatic N) is 1. The van der Waals surface area contributed by atoms with Gasteiger partial charge in [0.15, 0.2) is 5.75 Å². The van der Waals surface area contributed by atoms with Crippen molar-refractivity contribution in [2.75, 3.05) is 5.32 Å². The maximum Gasteiger partial charge on any atom is 0.341 e. The number of amides is 1. The van der Waals surface area contributed by atoms with Crippen molar-refractivity contribution >= 4 is 45.7 Å². The Bertz CT molecular complexity index is 1130. The maximum absolute atomic E-state index is 12.6. The topological polar surface area (TPSA) is 109 Å². The molecule has 138 valence electrons. The fourth-order valence-electron chi connectivity index (χ4n) is 2.91. The molecule has 3 aromatic rings. The molecule has 3 rings (SSSR count). The molecule has 0 unspecified atom stereocenters. The molecule has 7 nitrogen and oxygen atoms in total. The van der Waals surface area contributed by atoms with E-state index in [9.17, 15) is 24.6 Å². The number of carboxylic acids is 1. The van der Waals surface area contributed by atoms with E-state index in [-0.39, 0.29) is 12.1 Å². The summed E-state index contributed by atoms with van der Waals surface area (Å²) in [6, 6.07) is 6.95. The van der Waals surface area contributed by atoms with Crippen molar-refractivity contribution in [2.45, 2.75) is 13.5 Å². The summed E-state index contributed by atoms with van der Waals surface area (Å²) in [7, 11) is 0. The van der Waals surface area contributed by atoms with Gasteiger partial charge >= 0.3 is 5.97 Å². The third-order valence-electron chi connectivity index (χ3n) is 4.08. The molecule has 0 aliphatic rings. The first-order valence-corrected chi connectivity index (χ1v) is 8.88. The maximum atomic E-state index is 12.6. The Labute approximate surface area is 157 Å². The van der Waals surface area contributed by atoms with Crippen LogP contribution in [-0.4, -0.2) is 27.2 Å². The molecule has 1 aromatic carbocycles. The zero-order valence-electron chi connectivity index (χ0n) is 14.3. The van der Waals surface area contributed by atoms with Gasteiger partial charge in [0.25, 0.3) is 5.56 Å². The zero-order valence-corrected chi connectivity index (χ0v) is 15.1. The minimum Gasteiger partial charge on any atom is -0.502 e. The first kappa shape index (κ1) is 18.4. The Kier molecular flexibility index (Phi) is 5.09. The molecule has 2 aromatic heterocycles. The molecular formula is C19H16N2O5S. The van der Waals surface area contributed by atoms with Gasteiger partial charge in [-0.25, -0.2) is 4.79 Å².